The first-order valence-electron chi connectivity index (χ1n) is 6.27. The highest BCUT2D eigenvalue weighted by atomic mass is 35.5. The van der Waals surface area contributed by atoms with Crippen molar-refractivity contribution in [1.29, 1.82) is 0 Å². The van der Waals surface area contributed by atoms with E-state index in [1.54, 1.807) is 0 Å². The second-order valence-corrected chi connectivity index (χ2v) is 4.74. The van der Waals surface area contributed by atoms with Gasteiger partial charge in [-0.05, 0) is 56.1 Å². The predicted octanol–water partition coefficient (Wildman–Crippen LogP) is 4.44. The molecule has 0 saturated heterocycles. The van der Waals surface area contributed by atoms with Crippen molar-refractivity contribution < 1.29 is 9.53 Å². The van der Waals surface area contributed by atoms with Gasteiger partial charge in [0.1, 0.15) is 5.75 Å². The number of amides is 1. The second-order valence-electron chi connectivity index (χ2n) is 4.41. The summed E-state index contributed by atoms with van der Waals surface area (Å²) in [5.74, 6) is 0.818. The summed E-state index contributed by atoms with van der Waals surface area (Å²) >= 11 is 5.57. The highest BCUT2D eigenvalue weighted by molar-refractivity contribution is 6.66. The number of ether oxygens (including phenoxy) is 1. The third-order valence-corrected chi connectivity index (χ3v) is 2.77. The number of carbonyl (C=O) groups is 1. The first kappa shape index (κ1) is 14.8. The number of unbranched alkanes of at least 4 members (excludes halogenated alkanes) is 1. The van der Waals surface area contributed by atoms with Crippen LogP contribution in [0.2, 0.25) is 0 Å². The highest BCUT2D eigenvalue weighted by Gasteiger charge is 2.16. The largest absolute Gasteiger partial charge is 0.494 e. The minimum atomic E-state index is -0.468. The van der Waals surface area contributed by atoms with Gasteiger partial charge in [0.15, 0.2) is 0 Å². The van der Waals surface area contributed by atoms with Crippen molar-refractivity contribution in [3.05, 3.63) is 24.3 Å². The lowest BCUT2D eigenvalue weighted by molar-refractivity contribution is 0.263. The van der Waals surface area contributed by atoms with Crippen LogP contribution in [0.4, 0.5) is 10.5 Å². The zero-order valence-corrected chi connectivity index (χ0v) is 11.9. The molecule has 0 aliphatic rings. The molecule has 18 heavy (non-hydrogen) atoms. The topological polar surface area (TPSA) is 29.5 Å². The minimum Gasteiger partial charge on any atom is -0.494 e. The molecule has 0 saturated carbocycles. The molecule has 100 valence electrons. The maximum absolute atomic E-state index is 11.3. The van der Waals surface area contributed by atoms with E-state index in [0.29, 0.717) is 0 Å². The first-order chi connectivity index (χ1) is 8.56. The molecule has 0 fully saturated rings. The number of halogens is 1. The molecular formula is C14H20ClNO2. The van der Waals surface area contributed by atoms with Crippen molar-refractivity contribution in [3.8, 4) is 5.75 Å². The summed E-state index contributed by atoms with van der Waals surface area (Å²) in [5.41, 5.74) is 0.785. The van der Waals surface area contributed by atoms with Crippen LogP contribution in [0, 0.1) is 0 Å². The third kappa shape index (κ3) is 4.22. The van der Waals surface area contributed by atoms with Crippen LogP contribution < -0.4 is 9.64 Å². The van der Waals surface area contributed by atoms with Gasteiger partial charge in [-0.2, -0.15) is 0 Å². The van der Waals surface area contributed by atoms with Crippen LogP contribution in [0.25, 0.3) is 0 Å². The van der Waals surface area contributed by atoms with Gasteiger partial charge in [0.25, 0.3) is 0 Å². The van der Waals surface area contributed by atoms with Gasteiger partial charge in [-0.3, -0.25) is 9.69 Å². The molecule has 1 rings (SSSR count). The molecule has 0 radical (unpaired) electrons. The highest BCUT2D eigenvalue weighted by Crippen LogP contribution is 2.22. The lowest BCUT2D eigenvalue weighted by atomic mass is 10.2. The molecule has 0 atom stereocenters. The van der Waals surface area contributed by atoms with E-state index in [0.717, 1.165) is 30.9 Å². The molecule has 0 bridgehead atoms. The minimum absolute atomic E-state index is 0.0295. The molecule has 0 spiro atoms. The van der Waals surface area contributed by atoms with E-state index in [1.165, 1.54) is 4.90 Å². The summed E-state index contributed by atoms with van der Waals surface area (Å²) in [6, 6.07) is 7.45. The fourth-order valence-corrected chi connectivity index (χ4v) is 1.93. The number of rotatable bonds is 6. The molecule has 0 aromatic heterocycles. The Morgan fingerprint density at radius 3 is 2.39 bits per heavy atom. The SMILES string of the molecule is CCCCOc1ccc(N(C(=O)Cl)C(C)C)cc1. The Morgan fingerprint density at radius 1 is 1.33 bits per heavy atom. The van der Waals surface area contributed by atoms with Gasteiger partial charge in [-0.15, -0.1) is 0 Å². The van der Waals surface area contributed by atoms with E-state index in [2.05, 4.69) is 6.92 Å². The molecule has 0 unspecified atom stereocenters. The van der Waals surface area contributed by atoms with Crippen molar-refractivity contribution in [1.82, 2.24) is 0 Å². The predicted molar refractivity (Wildman–Crippen MR) is 75.7 cm³/mol. The fourth-order valence-electron chi connectivity index (χ4n) is 1.64. The first-order valence-corrected chi connectivity index (χ1v) is 6.65. The van der Waals surface area contributed by atoms with E-state index >= 15 is 0 Å². The molecule has 0 heterocycles. The number of carbonyl (C=O) groups excluding carboxylic acids is 1. The zero-order chi connectivity index (χ0) is 13.5. The van der Waals surface area contributed by atoms with Gasteiger partial charge >= 0.3 is 5.37 Å². The summed E-state index contributed by atoms with van der Waals surface area (Å²) in [6.45, 7) is 6.69. The quantitative estimate of drug-likeness (QED) is 0.434. The standard InChI is InChI=1S/C14H20ClNO2/c1-4-5-10-18-13-8-6-12(7-9-13)16(11(2)3)14(15)17/h6-9,11H,4-5,10H2,1-3H3. The monoisotopic (exact) mass is 269 g/mol. The second kappa shape index (κ2) is 7.27. The summed E-state index contributed by atoms with van der Waals surface area (Å²) in [4.78, 5) is 12.9. The Balaban J connectivity index is 2.71. The molecule has 0 N–H and O–H groups in total. The van der Waals surface area contributed by atoms with Crippen LogP contribution in [-0.2, 0) is 0 Å². The van der Waals surface area contributed by atoms with Crippen LogP contribution in [0.5, 0.6) is 5.75 Å². The Bertz CT molecular complexity index is 376. The average molecular weight is 270 g/mol. The number of hydrogen-bond donors (Lipinski definition) is 0. The van der Waals surface area contributed by atoms with E-state index in [1.807, 2.05) is 38.1 Å². The van der Waals surface area contributed by atoms with Gasteiger partial charge in [0, 0.05) is 11.7 Å². The van der Waals surface area contributed by atoms with E-state index < -0.39 is 5.37 Å². The van der Waals surface area contributed by atoms with Crippen LogP contribution in [0.1, 0.15) is 33.6 Å². The van der Waals surface area contributed by atoms with E-state index in [-0.39, 0.29) is 6.04 Å². The number of benzene rings is 1. The number of nitrogens with zero attached hydrogens (tertiary/aromatic N) is 1. The van der Waals surface area contributed by atoms with Crippen molar-refractivity contribution in [2.24, 2.45) is 0 Å². The Morgan fingerprint density at radius 2 is 1.94 bits per heavy atom. The molecular weight excluding hydrogens is 250 g/mol. The molecule has 1 amide bonds. The molecule has 4 heteroatoms. The van der Waals surface area contributed by atoms with Gasteiger partial charge in [0.05, 0.1) is 6.61 Å². The van der Waals surface area contributed by atoms with Crippen molar-refractivity contribution in [2.75, 3.05) is 11.5 Å². The maximum atomic E-state index is 11.3. The molecule has 1 aromatic carbocycles. The Labute approximate surface area is 114 Å². The molecule has 3 nitrogen and oxygen atoms in total. The van der Waals surface area contributed by atoms with Crippen LogP contribution in [-0.4, -0.2) is 18.0 Å². The normalized spacial score (nSPS) is 10.5. The van der Waals surface area contributed by atoms with Gasteiger partial charge in [-0.25, -0.2) is 0 Å². The lowest BCUT2D eigenvalue weighted by Crippen LogP contribution is -2.32. The molecule has 0 aliphatic carbocycles. The van der Waals surface area contributed by atoms with Crippen LogP contribution in [0.3, 0.4) is 0 Å². The Hall–Kier alpha value is -1.22. The van der Waals surface area contributed by atoms with Crippen molar-refractivity contribution in [2.45, 2.75) is 39.7 Å². The van der Waals surface area contributed by atoms with Crippen LogP contribution >= 0.6 is 11.6 Å². The number of anilines is 1. The summed E-state index contributed by atoms with van der Waals surface area (Å²) in [7, 11) is 0. The van der Waals surface area contributed by atoms with Crippen molar-refractivity contribution in [3.63, 3.8) is 0 Å². The van der Waals surface area contributed by atoms with E-state index in [4.69, 9.17) is 16.3 Å². The third-order valence-electron chi connectivity index (χ3n) is 2.59. The fraction of sp³-hybridized carbons (Fsp3) is 0.500. The maximum Gasteiger partial charge on any atom is 0.321 e. The van der Waals surface area contributed by atoms with Gasteiger partial charge in [0.2, 0.25) is 0 Å². The lowest BCUT2D eigenvalue weighted by Gasteiger charge is -2.24. The molecule has 1 aromatic rings. The summed E-state index contributed by atoms with van der Waals surface area (Å²) < 4.78 is 5.57. The zero-order valence-electron chi connectivity index (χ0n) is 11.1. The summed E-state index contributed by atoms with van der Waals surface area (Å²) in [5, 5.41) is -0.468. The smallest absolute Gasteiger partial charge is 0.321 e. The van der Waals surface area contributed by atoms with Crippen molar-refractivity contribution >= 4 is 22.7 Å². The Kier molecular flexibility index (Phi) is 5.99. The summed E-state index contributed by atoms with van der Waals surface area (Å²) in [6.07, 6.45) is 2.15. The van der Waals surface area contributed by atoms with E-state index in [9.17, 15) is 4.79 Å². The number of hydrogen-bond acceptors (Lipinski definition) is 2. The van der Waals surface area contributed by atoms with Gasteiger partial charge < -0.3 is 4.74 Å². The van der Waals surface area contributed by atoms with Crippen LogP contribution in [0.15, 0.2) is 24.3 Å². The molecule has 0 aliphatic heterocycles. The van der Waals surface area contributed by atoms with Gasteiger partial charge in [-0.1, -0.05) is 13.3 Å². The average Bonchev–Trinajstić information content (AvgIpc) is 2.30.